The van der Waals surface area contributed by atoms with Gasteiger partial charge in [0.2, 0.25) is 5.91 Å². The number of amides is 2. The van der Waals surface area contributed by atoms with Gasteiger partial charge in [-0.2, -0.15) is 0 Å². The van der Waals surface area contributed by atoms with E-state index < -0.39 is 0 Å². The SMILES string of the molecule is CCN(c1ccccc1)c1ccc(C(=O)Nc2ccc(NC(C)=O)cc2)nc1. The predicted octanol–water partition coefficient (Wildman–Crippen LogP) is 4.45. The van der Waals surface area contributed by atoms with Crippen molar-refractivity contribution in [2.45, 2.75) is 13.8 Å². The van der Waals surface area contributed by atoms with Crippen LogP contribution in [0.3, 0.4) is 0 Å². The maximum absolute atomic E-state index is 12.4. The van der Waals surface area contributed by atoms with Gasteiger partial charge in [-0.3, -0.25) is 9.59 Å². The van der Waals surface area contributed by atoms with Crippen LogP contribution in [0.2, 0.25) is 0 Å². The fourth-order valence-corrected chi connectivity index (χ4v) is 2.84. The van der Waals surface area contributed by atoms with Crippen LogP contribution >= 0.6 is 0 Å². The molecule has 142 valence electrons. The molecule has 0 saturated heterocycles. The third-order valence-electron chi connectivity index (χ3n) is 4.14. The second kappa shape index (κ2) is 8.81. The van der Waals surface area contributed by atoms with Gasteiger partial charge in [0.15, 0.2) is 0 Å². The summed E-state index contributed by atoms with van der Waals surface area (Å²) in [6.07, 6.45) is 1.70. The minimum absolute atomic E-state index is 0.141. The monoisotopic (exact) mass is 374 g/mol. The molecule has 0 saturated carbocycles. The maximum Gasteiger partial charge on any atom is 0.274 e. The third-order valence-corrected chi connectivity index (χ3v) is 4.14. The number of aromatic nitrogens is 1. The van der Waals surface area contributed by atoms with Gasteiger partial charge in [-0.25, -0.2) is 4.98 Å². The number of nitrogens with one attached hydrogen (secondary N) is 2. The molecule has 3 aromatic rings. The summed E-state index contributed by atoms with van der Waals surface area (Å²) in [5, 5.41) is 5.49. The Morgan fingerprint density at radius 3 is 2.04 bits per heavy atom. The molecule has 0 unspecified atom stereocenters. The van der Waals surface area contributed by atoms with E-state index >= 15 is 0 Å². The molecule has 0 aliphatic carbocycles. The molecule has 0 fully saturated rings. The Morgan fingerprint density at radius 1 is 0.857 bits per heavy atom. The van der Waals surface area contributed by atoms with Crippen LogP contribution in [0.15, 0.2) is 72.9 Å². The first kappa shape index (κ1) is 19.1. The topological polar surface area (TPSA) is 74.3 Å². The zero-order chi connectivity index (χ0) is 19.9. The first-order valence-electron chi connectivity index (χ1n) is 9.04. The number of pyridine rings is 1. The van der Waals surface area contributed by atoms with Crippen LogP contribution in [-0.4, -0.2) is 23.3 Å². The number of carbonyl (C=O) groups is 2. The van der Waals surface area contributed by atoms with E-state index in [1.165, 1.54) is 6.92 Å². The molecule has 1 aromatic heterocycles. The third kappa shape index (κ3) is 4.73. The average molecular weight is 374 g/mol. The van der Waals surface area contributed by atoms with Crippen molar-refractivity contribution in [1.29, 1.82) is 0 Å². The molecule has 0 bridgehead atoms. The van der Waals surface area contributed by atoms with Gasteiger partial charge in [-0.15, -0.1) is 0 Å². The van der Waals surface area contributed by atoms with Gasteiger partial charge in [0.1, 0.15) is 5.69 Å². The first-order valence-corrected chi connectivity index (χ1v) is 9.04. The standard InChI is InChI=1S/C22H22N4O2/c1-3-26(19-7-5-4-6-8-19)20-13-14-21(23-15-20)22(28)25-18-11-9-17(10-12-18)24-16(2)27/h4-15H,3H2,1-2H3,(H,24,27)(H,25,28). The van der Waals surface area contributed by atoms with Gasteiger partial charge in [-0.05, 0) is 55.5 Å². The zero-order valence-corrected chi connectivity index (χ0v) is 15.8. The van der Waals surface area contributed by atoms with Gasteiger partial charge in [0, 0.05) is 30.5 Å². The molecule has 2 aromatic carbocycles. The highest BCUT2D eigenvalue weighted by atomic mass is 16.2. The number of benzene rings is 2. The molecule has 0 aliphatic rings. The molecular weight excluding hydrogens is 352 g/mol. The summed E-state index contributed by atoms with van der Waals surface area (Å²) in [5.41, 5.74) is 3.63. The lowest BCUT2D eigenvalue weighted by atomic mass is 10.2. The van der Waals surface area contributed by atoms with Gasteiger partial charge in [0.25, 0.3) is 5.91 Å². The highest BCUT2D eigenvalue weighted by Gasteiger charge is 2.11. The Labute approximate surface area is 164 Å². The minimum Gasteiger partial charge on any atom is -0.341 e. The summed E-state index contributed by atoms with van der Waals surface area (Å²) < 4.78 is 0. The zero-order valence-electron chi connectivity index (χ0n) is 15.8. The summed E-state index contributed by atoms with van der Waals surface area (Å²) in [4.78, 5) is 29.9. The van der Waals surface area contributed by atoms with E-state index in [0.717, 1.165) is 17.9 Å². The molecule has 28 heavy (non-hydrogen) atoms. The first-order chi connectivity index (χ1) is 13.6. The number of anilines is 4. The van der Waals surface area contributed by atoms with Crippen LogP contribution in [0.25, 0.3) is 0 Å². The van der Waals surface area contributed by atoms with Gasteiger partial charge in [0.05, 0.1) is 11.9 Å². The van der Waals surface area contributed by atoms with Crippen LogP contribution in [0.5, 0.6) is 0 Å². The lowest BCUT2D eigenvalue weighted by Crippen LogP contribution is -2.17. The van der Waals surface area contributed by atoms with E-state index in [2.05, 4.69) is 27.4 Å². The summed E-state index contributed by atoms with van der Waals surface area (Å²) in [5.74, 6) is -0.431. The van der Waals surface area contributed by atoms with Crippen molar-refractivity contribution in [3.63, 3.8) is 0 Å². The average Bonchev–Trinajstić information content (AvgIpc) is 2.71. The molecule has 2 amide bonds. The van der Waals surface area contributed by atoms with Crippen molar-refractivity contribution in [2.75, 3.05) is 22.1 Å². The molecule has 0 radical (unpaired) electrons. The lowest BCUT2D eigenvalue weighted by Gasteiger charge is -2.22. The Kier molecular flexibility index (Phi) is 6.01. The fraction of sp³-hybridized carbons (Fsp3) is 0.136. The summed E-state index contributed by atoms with van der Waals surface area (Å²) in [6.45, 7) is 4.30. The number of para-hydroxylation sites is 1. The molecule has 1 heterocycles. The number of hydrogen-bond acceptors (Lipinski definition) is 4. The van der Waals surface area contributed by atoms with Crippen LogP contribution in [0.4, 0.5) is 22.7 Å². The van der Waals surface area contributed by atoms with E-state index in [-0.39, 0.29) is 11.8 Å². The van der Waals surface area contributed by atoms with Crippen molar-refractivity contribution in [3.05, 3.63) is 78.6 Å². The Hall–Kier alpha value is -3.67. The summed E-state index contributed by atoms with van der Waals surface area (Å²) >= 11 is 0. The lowest BCUT2D eigenvalue weighted by molar-refractivity contribution is -0.114. The summed E-state index contributed by atoms with van der Waals surface area (Å²) in [6, 6.07) is 20.5. The molecule has 6 heteroatoms. The van der Waals surface area contributed by atoms with E-state index in [4.69, 9.17) is 0 Å². The second-order valence-electron chi connectivity index (χ2n) is 6.19. The normalized spacial score (nSPS) is 10.2. The molecular formula is C22H22N4O2. The van der Waals surface area contributed by atoms with Gasteiger partial charge >= 0.3 is 0 Å². The molecule has 3 rings (SSSR count). The molecule has 2 N–H and O–H groups in total. The smallest absolute Gasteiger partial charge is 0.274 e. The van der Waals surface area contributed by atoms with E-state index in [9.17, 15) is 9.59 Å². The molecule has 6 nitrogen and oxygen atoms in total. The van der Waals surface area contributed by atoms with Crippen molar-refractivity contribution in [2.24, 2.45) is 0 Å². The largest absolute Gasteiger partial charge is 0.341 e. The van der Waals surface area contributed by atoms with E-state index in [0.29, 0.717) is 17.1 Å². The fourth-order valence-electron chi connectivity index (χ4n) is 2.84. The van der Waals surface area contributed by atoms with Crippen LogP contribution in [-0.2, 0) is 4.79 Å². The van der Waals surface area contributed by atoms with Crippen LogP contribution in [0.1, 0.15) is 24.3 Å². The minimum atomic E-state index is -0.290. The highest BCUT2D eigenvalue weighted by Crippen LogP contribution is 2.24. The van der Waals surface area contributed by atoms with Crippen molar-refractivity contribution in [3.8, 4) is 0 Å². The Bertz CT molecular complexity index is 939. The van der Waals surface area contributed by atoms with E-state index in [1.807, 2.05) is 36.4 Å². The predicted molar refractivity (Wildman–Crippen MR) is 112 cm³/mol. The quantitative estimate of drug-likeness (QED) is 0.668. The molecule has 0 spiro atoms. The second-order valence-corrected chi connectivity index (χ2v) is 6.19. The van der Waals surface area contributed by atoms with Crippen LogP contribution in [0, 0.1) is 0 Å². The van der Waals surface area contributed by atoms with Crippen molar-refractivity contribution < 1.29 is 9.59 Å². The van der Waals surface area contributed by atoms with Crippen LogP contribution < -0.4 is 15.5 Å². The van der Waals surface area contributed by atoms with Crippen molar-refractivity contribution >= 4 is 34.6 Å². The molecule has 0 aliphatic heterocycles. The van der Waals surface area contributed by atoms with E-state index in [1.54, 1.807) is 36.5 Å². The van der Waals surface area contributed by atoms with Gasteiger partial charge in [-0.1, -0.05) is 18.2 Å². The van der Waals surface area contributed by atoms with Gasteiger partial charge < -0.3 is 15.5 Å². The maximum atomic E-state index is 12.4. The number of nitrogens with zero attached hydrogens (tertiary/aromatic N) is 2. The highest BCUT2D eigenvalue weighted by molar-refractivity contribution is 6.03. The number of hydrogen-bond donors (Lipinski definition) is 2. The van der Waals surface area contributed by atoms with Crippen molar-refractivity contribution in [1.82, 2.24) is 4.98 Å². The molecule has 0 atom stereocenters. The summed E-state index contributed by atoms with van der Waals surface area (Å²) in [7, 11) is 0. The Balaban J connectivity index is 1.69. The number of rotatable bonds is 6. The Morgan fingerprint density at radius 2 is 1.50 bits per heavy atom. The number of carbonyl (C=O) groups excluding carboxylic acids is 2.